The Labute approximate surface area is 106 Å². The number of ether oxygens (including phenoxy) is 1. The molecule has 5 heteroatoms. The van der Waals surface area contributed by atoms with Gasteiger partial charge in [-0.1, -0.05) is 6.07 Å². The lowest BCUT2D eigenvalue weighted by molar-refractivity contribution is -0.0656. The van der Waals surface area contributed by atoms with Crippen LogP contribution in [0, 0.1) is 0 Å². The number of likely N-dealkylation sites (tertiary alicyclic amines) is 1. The number of rotatable bonds is 4. The highest BCUT2D eigenvalue weighted by molar-refractivity contribution is 5.43. The molecule has 2 N–H and O–H groups in total. The van der Waals surface area contributed by atoms with Gasteiger partial charge in [-0.2, -0.15) is 0 Å². The van der Waals surface area contributed by atoms with E-state index in [0.717, 1.165) is 6.54 Å². The lowest BCUT2D eigenvalue weighted by atomic mass is 10.1. The largest absolute Gasteiger partial charge is 0.492 e. The Bertz CT molecular complexity index is 398. The molecule has 1 aliphatic rings. The quantitative estimate of drug-likeness (QED) is 0.841. The first-order chi connectivity index (χ1) is 8.55. The van der Waals surface area contributed by atoms with Gasteiger partial charge in [0.2, 0.25) is 0 Å². The van der Waals surface area contributed by atoms with Crippen LogP contribution in [0.15, 0.2) is 24.3 Å². The molecule has 1 saturated heterocycles. The molecule has 0 aliphatic carbocycles. The number of piperidine rings is 1. The van der Waals surface area contributed by atoms with E-state index in [2.05, 4.69) is 0 Å². The average molecular weight is 256 g/mol. The van der Waals surface area contributed by atoms with Crippen LogP contribution in [0.4, 0.5) is 14.5 Å². The summed E-state index contributed by atoms with van der Waals surface area (Å²) >= 11 is 0. The number of benzene rings is 1. The fourth-order valence-electron chi connectivity index (χ4n) is 2.13. The van der Waals surface area contributed by atoms with Crippen LogP contribution in [-0.2, 0) is 0 Å². The maximum absolute atomic E-state index is 13.2. The van der Waals surface area contributed by atoms with E-state index in [0.29, 0.717) is 31.0 Å². The first-order valence-corrected chi connectivity index (χ1v) is 6.14. The summed E-state index contributed by atoms with van der Waals surface area (Å²) in [4.78, 5) is 1.75. The summed E-state index contributed by atoms with van der Waals surface area (Å²) < 4.78 is 31.8. The van der Waals surface area contributed by atoms with Crippen molar-refractivity contribution in [2.75, 3.05) is 32.0 Å². The molecule has 2 rings (SSSR count). The zero-order chi connectivity index (χ0) is 13.0. The van der Waals surface area contributed by atoms with Gasteiger partial charge in [-0.05, 0) is 25.1 Å². The standard InChI is InChI=1S/C13H18F2N2O/c14-13(15)5-2-6-17(10-13)7-8-18-12-4-1-3-11(16)9-12/h1,3-4,9H,2,5-8,10,16H2. The summed E-state index contributed by atoms with van der Waals surface area (Å²) in [7, 11) is 0. The minimum absolute atomic E-state index is 0.000421. The van der Waals surface area contributed by atoms with Crippen LogP contribution in [0.25, 0.3) is 0 Å². The molecule has 1 aliphatic heterocycles. The molecule has 0 bridgehead atoms. The minimum atomic E-state index is -2.55. The highest BCUT2D eigenvalue weighted by Crippen LogP contribution is 2.26. The van der Waals surface area contributed by atoms with Crippen molar-refractivity contribution in [2.24, 2.45) is 0 Å². The fourth-order valence-corrected chi connectivity index (χ4v) is 2.13. The van der Waals surface area contributed by atoms with Crippen molar-refractivity contribution >= 4 is 5.69 Å². The summed E-state index contributed by atoms with van der Waals surface area (Å²) in [6, 6.07) is 7.11. The van der Waals surface area contributed by atoms with Crippen LogP contribution in [0.3, 0.4) is 0 Å². The first kappa shape index (κ1) is 13.1. The second-order valence-corrected chi connectivity index (χ2v) is 4.66. The summed E-state index contributed by atoms with van der Waals surface area (Å²) in [5.41, 5.74) is 6.26. The topological polar surface area (TPSA) is 38.5 Å². The van der Waals surface area contributed by atoms with E-state index >= 15 is 0 Å². The Morgan fingerprint density at radius 1 is 1.39 bits per heavy atom. The molecule has 0 spiro atoms. The Morgan fingerprint density at radius 2 is 2.22 bits per heavy atom. The number of anilines is 1. The van der Waals surface area contributed by atoms with Gasteiger partial charge in [0.15, 0.2) is 0 Å². The van der Waals surface area contributed by atoms with Crippen molar-refractivity contribution in [3.8, 4) is 5.75 Å². The van der Waals surface area contributed by atoms with Gasteiger partial charge in [-0.25, -0.2) is 8.78 Å². The van der Waals surface area contributed by atoms with E-state index in [1.165, 1.54) is 0 Å². The van der Waals surface area contributed by atoms with Gasteiger partial charge in [0.1, 0.15) is 12.4 Å². The molecule has 0 saturated carbocycles. The minimum Gasteiger partial charge on any atom is -0.492 e. The van der Waals surface area contributed by atoms with Crippen molar-refractivity contribution in [3.63, 3.8) is 0 Å². The van der Waals surface area contributed by atoms with Crippen LogP contribution in [0.5, 0.6) is 5.75 Å². The first-order valence-electron chi connectivity index (χ1n) is 6.14. The molecule has 18 heavy (non-hydrogen) atoms. The number of nitrogen functional groups attached to an aromatic ring is 1. The molecule has 0 radical (unpaired) electrons. The van der Waals surface area contributed by atoms with Crippen molar-refractivity contribution in [1.82, 2.24) is 4.90 Å². The molecule has 0 atom stereocenters. The van der Waals surface area contributed by atoms with Crippen molar-refractivity contribution in [1.29, 1.82) is 0 Å². The molecule has 1 aromatic rings. The van der Waals surface area contributed by atoms with Crippen molar-refractivity contribution in [3.05, 3.63) is 24.3 Å². The SMILES string of the molecule is Nc1cccc(OCCN2CCCC(F)(F)C2)c1. The molecule has 0 aromatic heterocycles. The molecule has 0 unspecified atom stereocenters. The number of hydrogen-bond donors (Lipinski definition) is 1. The van der Waals surface area contributed by atoms with Crippen LogP contribution in [0.2, 0.25) is 0 Å². The zero-order valence-electron chi connectivity index (χ0n) is 10.2. The number of halogens is 2. The predicted octanol–water partition coefficient (Wildman–Crippen LogP) is 2.38. The van der Waals surface area contributed by atoms with Crippen LogP contribution >= 0.6 is 0 Å². The summed E-state index contributed by atoms with van der Waals surface area (Å²) in [5, 5.41) is 0. The summed E-state index contributed by atoms with van der Waals surface area (Å²) in [6.07, 6.45) is 0.546. The third-order valence-electron chi connectivity index (χ3n) is 3.01. The average Bonchev–Trinajstić information content (AvgIpc) is 2.28. The molecule has 100 valence electrons. The van der Waals surface area contributed by atoms with Crippen LogP contribution in [-0.4, -0.2) is 37.1 Å². The Morgan fingerprint density at radius 3 is 2.94 bits per heavy atom. The lowest BCUT2D eigenvalue weighted by Gasteiger charge is -2.32. The molecule has 0 amide bonds. The lowest BCUT2D eigenvalue weighted by Crippen LogP contribution is -2.44. The molecule has 3 nitrogen and oxygen atoms in total. The fraction of sp³-hybridized carbons (Fsp3) is 0.538. The van der Waals surface area contributed by atoms with Gasteiger partial charge in [-0.15, -0.1) is 0 Å². The third kappa shape index (κ3) is 3.84. The van der Waals surface area contributed by atoms with E-state index in [9.17, 15) is 8.78 Å². The van der Waals surface area contributed by atoms with Crippen molar-refractivity contribution in [2.45, 2.75) is 18.8 Å². The molecule has 1 aromatic carbocycles. The van der Waals surface area contributed by atoms with E-state index in [4.69, 9.17) is 10.5 Å². The monoisotopic (exact) mass is 256 g/mol. The van der Waals surface area contributed by atoms with Crippen molar-refractivity contribution < 1.29 is 13.5 Å². The van der Waals surface area contributed by atoms with E-state index < -0.39 is 5.92 Å². The summed E-state index contributed by atoms with van der Waals surface area (Å²) in [5.74, 6) is -1.87. The zero-order valence-corrected chi connectivity index (χ0v) is 10.2. The Balaban J connectivity index is 1.75. The molecular weight excluding hydrogens is 238 g/mol. The highest BCUT2D eigenvalue weighted by atomic mass is 19.3. The van der Waals surface area contributed by atoms with Gasteiger partial charge in [0, 0.05) is 24.7 Å². The van der Waals surface area contributed by atoms with Crippen LogP contribution in [0.1, 0.15) is 12.8 Å². The number of nitrogens with zero attached hydrogens (tertiary/aromatic N) is 1. The van der Waals surface area contributed by atoms with Gasteiger partial charge >= 0.3 is 0 Å². The van der Waals surface area contributed by atoms with E-state index in [-0.39, 0.29) is 13.0 Å². The van der Waals surface area contributed by atoms with Gasteiger partial charge in [0.25, 0.3) is 5.92 Å². The molecule has 1 fully saturated rings. The van der Waals surface area contributed by atoms with Gasteiger partial charge in [-0.3, -0.25) is 4.90 Å². The maximum atomic E-state index is 13.2. The van der Waals surface area contributed by atoms with Gasteiger partial charge < -0.3 is 10.5 Å². The predicted molar refractivity (Wildman–Crippen MR) is 67.0 cm³/mol. The van der Waals surface area contributed by atoms with Gasteiger partial charge in [0.05, 0.1) is 6.54 Å². The number of nitrogens with two attached hydrogens (primary N) is 1. The molecular formula is C13H18F2N2O. The normalized spacial score (nSPS) is 19.7. The van der Waals surface area contributed by atoms with E-state index in [1.54, 1.807) is 29.2 Å². The second-order valence-electron chi connectivity index (χ2n) is 4.66. The maximum Gasteiger partial charge on any atom is 0.260 e. The molecule has 1 heterocycles. The highest BCUT2D eigenvalue weighted by Gasteiger charge is 2.34. The third-order valence-corrected chi connectivity index (χ3v) is 3.01. The Hall–Kier alpha value is -1.36. The second kappa shape index (κ2) is 5.52. The Kier molecular flexibility index (Phi) is 4.01. The summed E-state index contributed by atoms with van der Waals surface area (Å²) in [6.45, 7) is 1.48. The number of alkyl halides is 2. The smallest absolute Gasteiger partial charge is 0.260 e. The van der Waals surface area contributed by atoms with E-state index in [1.807, 2.05) is 0 Å². The number of hydrogen-bond acceptors (Lipinski definition) is 3. The van der Waals surface area contributed by atoms with Crippen LogP contribution < -0.4 is 10.5 Å².